The first-order valence-corrected chi connectivity index (χ1v) is 7.43. The molecule has 2 unspecified atom stereocenters. The summed E-state index contributed by atoms with van der Waals surface area (Å²) in [5, 5.41) is 3.50. The largest absolute Gasteiger partial charge is 0.314 e. The van der Waals surface area contributed by atoms with Gasteiger partial charge in [0.1, 0.15) is 0 Å². The third-order valence-corrected chi connectivity index (χ3v) is 5.23. The van der Waals surface area contributed by atoms with E-state index in [9.17, 15) is 8.42 Å². The van der Waals surface area contributed by atoms with Crippen LogP contribution in [0.25, 0.3) is 0 Å². The molecule has 2 aliphatic heterocycles. The monoisotopic (exact) mass is 217 g/mol. The van der Waals surface area contributed by atoms with E-state index in [1.807, 2.05) is 0 Å². The van der Waals surface area contributed by atoms with E-state index < -0.39 is 9.84 Å². The molecule has 14 heavy (non-hydrogen) atoms. The quantitative estimate of drug-likeness (QED) is 0.711. The first-order chi connectivity index (χ1) is 6.67. The Balaban J connectivity index is 1.94. The highest BCUT2D eigenvalue weighted by molar-refractivity contribution is 7.91. The highest BCUT2D eigenvalue weighted by Gasteiger charge is 2.33. The minimum Gasteiger partial charge on any atom is -0.314 e. The molecule has 0 spiro atoms. The second-order valence-corrected chi connectivity index (χ2v) is 6.80. The lowest BCUT2D eigenvalue weighted by Gasteiger charge is -2.21. The molecule has 0 amide bonds. The number of sulfone groups is 1. The maximum Gasteiger partial charge on any atom is 0.150 e. The third kappa shape index (κ3) is 2.48. The molecule has 2 atom stereocenters. The van der Waals surface area contributed by atoms with Crippen molar-refractivity contribution in [2.45, 2.75) is 38.1 Å². The van der Waals surface area contributed by atoms with Gasteiger partial charge in [-0.3, -0.25) is 0 Å². The summed E-state index contributed by atoms with van der Waals surface area (Å²) in [6.07, 6.45) is 5.84. The predicted octanol–water partition coefficient (Wildman–Crippen LogP) is 0.953. The van der Waals surface area contributed by atoms with Crippen LogP contribution in [-0.4, -0.2) is 32.5 Å². The van der Waals surface area contributed by atoms with Crippen LogP contribution in [0.15, 0.2) is 0 Å². The summed E-state index contributed by atoms with van der Waals surface area (Å²) in [4.78, 5) is 0. The summed E-state index contributed by atoms with van der Waals surface area (Å²) in [5.74, 6) is 1.22. The van der Waals surface area contributed by atoms with Gasteiger partial charge < -0.3 is 5.32 Å². The van der Waals surface area contributed by atoms with Crippen LogP contribution >= 0.6 is 0 Å². The van der Waals surface area contributed by atoms with Crippen molar-refractivity contribution in [2.75, 3.05) is 18.1 Å². The van der Waals surface area contributed by atoms with Gasteiger partial charge in [0.15, 0.2) is 9.84 Å². The van der Waals surface area contributed by atoms with Crippen LogP contribution in [-0.2, 0) is 9.84 Å². The first-order valence-electron chi connectivity index (χ1n) is 5.61. The van der Waals surface area contributed by atoms with Gasteiger partial charge in [-0.05, 0) is 31.7 Å². The Bertz CT molecular complexity index is 278. The van der Waals surface area contributed by atoms with E-state index in [0.717, 1.165) is 13.0 Å². The zero-order valence-electron chi connectivity index (χ0n) is 8.54. The fourth-order valence-corrected chi connectivity index (χ4v) is 4.48. The van der Waals surface area contributed by atoms with Gasteiger partial charge in [0.2, 0.25) is 0 Å². The van der Waals surface area contributed by atoms with E-state index in [4.69, 9.17) is 0 Å². The van der Waals surface area contributed by atoms with E-state index in [2.05, 4.69) is 5.32 Å². The molecular weight excluding hydrogens is 198 g/mol. The van der Waals surface area contributed by atoms with Crippen LogP contribution in [0.4, 0.5) is 0 Å². The van der Waals surface area contributed by atoms with Gasteiger partial charge in [-0.2, -0.15) is 0 Å². The minimum atomic E-state index is -2.70. The molecule has 2 fully saturated rings. The predicted molar refractivity (Wildman–Crippen MR) is 57.0 cm³/mol. The van der Waals surface area contributed by atoms with Crippen LogP contribution in [0.2, 0.25) is 0 Å². The van der Waals surface area contributed by atoms with Crippen LogP contribution in [0.1, 0.15) is 32.1 Å². The molecule has 2 heterocycles. The zero-order chi connectivity index (χ0) is 10.0. The average Bonchev–Trinajstić information content (AvgIpc) is 2.42. The van der Waals surface area contributed by atoms with Crippen LogP contribution in [0.3, 0.4) is 0 Å². The summed E-state index contributed by atoms with van der Waals surface area (Å²) < 4.78 is 22.7. The molecule has 0 saturated carbocycles. The fraction of sp³-hybridized carbons (Fsp3) is 1.00. The molecular formula is C10H19NO2S. The number of hydrogen-bond donors (Lipinski definition) is 1. The van der Waals surface area contributed by atoms with Gasteiger partial charge in [-0.1, -0.05) is 12.8 Å². The highest BCUT2D eigenvalue weighted by Crippen LogP contribution is 2.25. The summed E-state index contributed by atoms with van der Waals surface area (Å²) in [5.41, 5.74) is 0. The lowest BCUT2D eigenvalue weighted by molar-refractivity contribution is 0.376. The molecule has 82 valence electrons. The molecule has 3 nitrogen and oxygen atoms in total. The van der Waals surface area contributed by atoms with Gasteiger partial charge >= 0.3 is 0 Å². The lowest BCUT2D eigenvalue weighted by Crippen LogP contribution is -2.36. The molecule has 0 aromatic heterocycles. The van der Waals surface area contributed by atoms with Gasteiger partial charge in [0.25, 0.3) is 0 Å². The van der Waals surface area contributed by atoms with Crippen molar-refractivity contribution in [3.05, 3.63) is 0 Å². The van der Waals surface area contributed by atoms with E-state index >= 15 is 0 Å². The van der Waals surface area contributed by atoms with Crippen molar-refractivity contribution in [3.8, 4) is 0 Å². The fourth-order valence-electron chi connectivity index (χ4n) is 2.60. The topological polar surface area (TPSA) is 46.2 Å². The van der Waals surface area contributed by atoms with Crippen LogP contribution in [0.5, 0.6) is 0 Å². The van der Waals surface area contributed by atoms with Gasteiger partial charge in [-0.15, -0.1) is 0 Å². The molecule has 4 heteroatoms. The van der Waals surface area contributed by atoms with Crippen molar-refractivity contribution in [3.63, 3.8) is 0 Å². The second-order valence-electron chi connectivity index (χ2n) is 4.57. The molecule has 1 N–H and O–H groups in total. The maximum atomic E-state index is 11.3. The van der Waals surface area contributed by atoms with E-state index in [0.29, 0.717) is 23.5 Å². The van der Waals surface area contributed by atoms with E-state index in [-0.39, 0.29) is 0 Å². The van der Waals surface area contributed by atoms with Crippen LogP contribution < -0.4 is 5.32 Å². The molecule has 0 aromatic carbocycles. The van der Waals surface area contributed by atoms with Crippen molar-refractivity contribution in [1.29, 1.82) is 0 Å². The average molecular weight is 217 g/mol. The Morgan fingerprint density at radius 3 is 2.64 bits per heavy atom. The normalized spacial score (nSPS) is 38.0. The Hall–Kier alpha value is -0.0900. The summed E-state index contributed by atoms with van der Waals surface area (Å²) in [7, 11) is -2.70. The first kappa shape index (κ1) is 10.4. The highest BCUT2D eigenvalue weighted by atomic mass is 32.2. The molecule has 0 bridgehead atoms. The number of rotatable bonds is 1. The van der Waals surface area contributed by atoms with Gasteiger partial charge in [-0.25, -0.2) is 8.42 Å². The zero-order valence-corrected chi connectivity index (χ0v) is 9.35. The standard InChI is InChI=1S/C10H19NO2S/c12-14(13)7-5-9(8-14)10-4-2-1-3-6-11-10/h9-11H,1-8H2. The maximum absolute atomic E-state index is 11.3. The molecule has 0 aliphatic carbocycles. The Morgan fingerprint density at radius 2 is 1.93 bits per heavy atom. The second kappa shape index (κ2) is 4.19. The molecule has 2 rings (SSSR count). The van der Waals surface area contributed by atoms with Crippen molar-refractivity contribution in [1.82, 2.24) is 5.32 Å². The van der Waals surface area contributed by atoms with Crippen molar-refractivity contribution in [2.24, 2.45) is 5.92 Å². The molecule has 0 radical (unpaired) electrons. The summed E-state index contributed by atoms with van der Waals surface area (Å²) >= 11 is 0. The number of hydrogen-bond acceptors (Lipinski definition) is 3. The molecule has 2 saturated heterocycles. The minimum absolute atomic E-state index is 0.387. The molecule has 0 aromatic rings. The smallest absolute Gasteiger partial charge is 0.150 e. The number of nitrogens with one attached hydrogen (secondary N) is 1. The van der Waals surface area contributed by atoms with E-state index in [1.54, 1.807) is 0 Å². The van der Waals surface area contributed by atoms with Crippen molar-refractivity contribution < 1.29 is 8.42 Å². The van der Waals surface area contributed by atoms with Gasteiger partial charge in [0, 0.05) is 6.04 Å². The summed E-state index contributed by atoms with van der Waals surface area (Å²) in [6.45, 7) is 1.07. The Morgan fingerprint density at radius 1 is 1.07 bits per heavy atom. The van der Waals surface area contributed by atoms with Crippen molar-refractivity contribution >= 4 is 9.84 Å². The van der Waals surface area contributed by atoms with E-state index in [1.165, 1.54) is 25.7 Å². The Kier molecular flexibility index (Phi) is 3.12. The lowest BCUT2D eigenvalue weighted by atomic mass is 9.95. The third-order valence-electron chi connectivity index (χ3n) is 3.44. The Labute approximate surface area is 86.2 Å². The van der Waals surface area contributed by atoms with Crippen LogP contribution in [0, 0.1) is 5.92 Å². The van der Waals surface area contributed by atoms with Gasteiger partial charge in [0.05, 0.1) is 11.5 Å². The summed E-state index contributed by atoms with van der Waals surface area (Å²) in [6, 6.07) is 0.467. The SMILES string of the molecule is O=S1(=O)CCC(C2CCCCCN2)C1. The molecule has 2 aliphatic rings.